The van der Waals surface area contributed by atoms with Gasteiger partial charge in [0.05, 0.1) is 23.0 Å². The topological polar surface area (TPSA) is 92.8 Å². The Morgan fingerprint density at radius 1 is 0.906 bits per heavy atom. The molecule has 0 spiro atoms. The van der Waals surface area contributed by atoms with E-state index in [0.29, 0.717) is 11.3 Å². The summed E-state index contributed by atoms with van der Waals surface area (Å²) in [5.74, 6) is 0.443. The van der Waals surface area contributed by atoms with Crippen molar-refractivity contribution in [2.75, 3.05) is 6.73 Å². The number of carbonyl (C=O) groups excluding carboxylic acids is 1. The second-order valence-electron chi connectivity index (χ2n) is 7.09. The molecule has 0 fully saturated rings. The Morgan fingerprint density at radius 2 is 1.72 bits per heavy atom. The van der Waals surface area contributed by atoms with Gasteiger partial charge in [0.1, 0.15) is 5.75 Å². The van der Waals surface area contributed by atoms with Gasteiger partial charge in [-0.2, -0.15) is 5.10 Å². The number of H-pyrrole nitrogens is 1. The van der Waals surface area contributed by atoms with Crippen LogP contribution in [0.5, 0.6) is 5.75 Å². The molecule has 3 heterocycles. The van der Waals surface area contributed by atoms with Crippen LogP contribution in [0.4, 0.5) is 0 Å². The Labute approximate surface area is 184 Å². The van der Waals surface area contributed by atoms with Gasteiger partial charge in [0, 0.05) is 35.1 Å². The van der Waals surface area contributed by atoms with Crippen molar-refractivity contribution in [1.82, 2.24) is 25.5 Å². The number of hydrogen-bond acceptors (Lipinski definition) is 5. The van der Waals surface area contributed by atoms with Crippen molar-refractivity contribution in [3.8, 4) is 28.1 Å². The van der Waals surface area contributed by atoms with Crippen LogP contribution >= 0.6 is 0 Å². The smallest absolute Gasteiger partial charge is 0.254 e. The summed E-state index contributed by atoms with van der Waals surface area (Å²) in [5, 5.41) is 10.9. The first-order valence-corrected chi connectivity index (χ1v) is 10.1. The zero-order valence-electron chi connectivity index (χ0n) is 17.0. The van der Waals surface area contributed by atoms with Gasteiger partial charge in [-0.05, 0) is 54.1 Å². The number of nitrogens with one attached hydrogen (secondary N) is 2. The number of nitrogens with zero attached hydrogens (tertiary/aromatic N) is 3. The molecule has 0 atom stereocenters. The Hall–Kier alpha value is -4.52. The first-order valence-electron chi connectivity index (χ1n) is 10.1. The van der Waals surface area contributed by atoms with Crippen LogP contribution < -0.4 is 10.1 Å². The third-order valence-corrected chi connectivity index (χ3v) is 5.14. The molecule has 0 unspecified atom stereocenters. The van der Waals surface area contributed by atoms with Gasteiger partial charge in [0.15, 0.2) is 6.73 Å². The largest absolute Gasteiger partial charge is 0.473 e. The molecule has 0 bridgehead atoms. The molecule has 7 nitrogen and oxygen atoms in total. The molecule has 1 amide bonds. The summed E-state index contributed by atoms with van der Waals surface area (Å²) >= 11 is 0. The van der Waals surface area contributed by atoms with Gasteiger partial charge in [0.2, 0.25) is 0 Å². The molecule has 32 heavy (non-hydrogen) atoms. The van der Waals surface area contributed by atoms with Crippen molar-refractivity contribution in [1.29, 1.82) is 0 Å². The molecule has 0 radical (unpaired) electrons. The van der Waals surface area contributed by atoms with E-state index in [1.807, 2.05) is 60.7 Å². The van der Waals surface area contributed by atoms with Crippen molar-refractivity contribution in [2.24, 2.45) is 0 Å². The van der Waals surface area contributed by atoms with Gasteiger partial charge in [0.25, 0.3) is 5.91 Å². The SMILES string of the molecule is O=C(NCOc1ccc(-c2[nH]ncc2-c2ccncc2)cc1)c1ccnc2ccccc12. The lowest BCUT2D eigenvalue weighted by Crippen LogP contribution is -2.27. The summed E-state index contributed by atoms with van der Waals surface area (Å²) in [6.45, 7) is 0.0567. The molecule has 3 aromatic heterocycles. The second-order valence-corrected chi connectivity index (χ2v) is 7.09. The highest BCUT2D eigenvalue weighted by atomic mass is 16.5. The van der Waals surface area contributed by atoms with E-state index in [1.54, 1.807) is 30.9 Å². The first kappa shape index (κ1) is 19.4. The van der Waals surface area contributed by atoms with Crippen LogP contribution in [0.25, 0.3) is 33.3 Å². The minimum absolute atomic E-state index is 0.0567. The summed E-state index contributed by atoms with van der Waals surface area (Å²) in [6, 6.07) is 20.8. The van der Waals surface area contributed by atoms with E-state index in [1.165, 1.54) is 0 Å². The Morgan fingerprint density at radius 3 is 2.56 bits per heavy atom. The monoisotopic (exact) mass is 421 g/mol. The lowest BCUT2D eigenvalue weighted by molar-refractivity contribution is 0.0920. The quantitative estimate of drug-likeness (QED) is 0.395. The number of fused-ring (bicyclic) bond motifs is 1. The van der Waals surface area contributed by atoms with Crippen LogP contribution in [0.15, 0.2) is 91.5 Å². The maximum atomic E-state index is 12.6. The van der Waals surface area contributed by atoms with E-state index in [2.05, 4.69) is 25.5 Å². The van der Waals surface area contributed by atoms with Crippen molar-refractivity contribution < 1.29 is 9.53 Å². The Bertz CT molecular complexity index is 1360. The molecule has 7 heteroatoms. The predicted molar refractivity (Wildman–Crippen MR) is 122 cm³/mol. The lowest BCUT2D eigenvalue weighted by Gasteiger charge is -2.10. The fourth-order valence-corrected chi connectivity index (χ4v) is 3.55. The summed E-state index contributed by atoms with van der Waals surface area (Å²) in [7, 11) is 0. The summed E-state index contributed by atoms with van der Waals surface area (Å²) in [4.78, 5) is 20.9. The first-order chi connectivity index (χ1) is 15.8. The van der Waals surface area contributed by atoms with Crippen LogP contribution in [-0.2, 0) is 0 Å². The number of aromatic amines is 1. The average Bonchev–Trinajstić information content (AvgIpc) is 3.35. The summed E-state index contributed by atoms with van der Waals surface area (Å²) in [6.07, 6.45) is 6.94. The molecule has 0 aliphatic heterocycles. The van der Waals surface area contributed by atoms with E-state index in [-0.39, 0.29) is 12.6 Å². The summed E-state index contributed by atoms with van der Waals surface area (Å²) in [5.41, 5.74) is 5.28. The number of benzene rings is 2. The van der Waals surface area contributed by atoms with Crippen molar-refractivity contribution >= 4 is 16.8 Å². The third kappa shape index (κ3) is 3.91. The fourth-order valence-electron chi connectivity index (χ4n) is 3.55. The molecule has 0 aliphatic rings. The van der Waals surface area contributed by atoms with Gasteiger partial charge in [-0.3, -0.25) is 19.9 Å². The number of rotatable bonds is 6. The van der Waals surface area contributed by atoms with E-state index in [0.717, 1.165) is 33.3 Å². The number of pyridine rings is 2. The fraction of sp³-hybridized carbons (Fsp3) is 0.0400. The predicted octanol–water partition coefficient (Wildman–Crippen LogP) is 4.45. The van der Waals surface area contributed by atoms with E-state index in [4.69, 9.17) is 4.74 Å². The molecule has 156 valence electrons. The van der Waals surface area contributed by atoms with E-state index < -0.39 is 0 Å². The number of hydrogen-bond donors (Lipinski definition) is 2. The van der Waals surface area contributed by atoms with Crippen LogP contribution in [0.1, 0.15) is 10.4 Å². The Balaban J connectivity index is 1.25. The number of amides is 1. The van der Waals surface area contributed by atoms with Gasteiger partial charge in [-0.1, -0.05) is 18.2 Å². The number of aromatic nitrogens is 4. The van der Waals surface area contributed by atoms with Gasteiger partial charge in [-0.25, -0.2) is 0 Å². The lowest BCUT2D eigenvalue weighted by atomic mass is 10.0. The number of ether oxygens (including phenoxy) is 1. The van der Waals surface area contributed by atoms with Gasteiger partial charge in [-0.15, -0.1) is 0 Å². The summed E-state index contributed by atoms with van der Waals surface area (Å²) < 4.78 is 5.72. The molecule has 2 N–H and O–H groups in total. The zero-order valence-corrected chi connectivity index (χ0v) is 17.0. The van der Waals surface area contributed by atoms with Crippen LogP contribution in [0.3, 0.4) is 0 Å². The van der Waals surface area contributed by atoms with E-state index in [9.17, 15) is 4.79 Å². The molecule has 2 aromatic carbocycles. The normalized spacial score (nSPS) is 10.8. The second kappa shape index (κ2) is 8.69. The van der Waals surface area contributed by atoms with Gasteiger partial charge >= 0.3 is 0 Å². The highest BCUT2D eigenvalue weighted by Gasteiger charge is 2.11. The van der Waals surface area contributed by atoms with Crippen molar-refractivity contribution in [3.05, 3.63) is 97.1 Å². The van der Waals surface area contributed by atoms with Gasteiger partial charge < -0.3 is 10.1 Å². The average molecular weight is 421 g/mol. The third-order valence-electron chi connectivity index (χ3n) is 5.14. The molecular weight excluding hydrogens is 402 g/mol. The van der Waals surface area contributed by atoms with Crippen molar-refractivity contribution in [2.45, 2.75) is 0 Å². The molecule has 5 aromatic rings. The maximum absolute atomic E-state index is 12.6. The molecule has 5 rings (SSSR count). The molecule has 0 aliphatic carbocycles. The highest BCUT2D eigenvalue weighted by molar-refractivity contribution is 6.05. The molecule has 0 saturated heterocycles. The zero-order chi connectivity index (χ0) is 21.8. The number of para-hydroxylation sites is 1. The Kier molecular flexibility index (Phi) is 5.28. The van der Waals surface area contributed by atoms with Crippen molar-refractivity contribution in [3.63, 3.8) is 0 Å². The number of carbonyl (C=O) groups is 1. The van der Waals surface area contributed by atoms with Crippen LogP contribution in [0, 0.1) is 0 Å². The van der Waals surface area contributed by atoms with Crippen LogP contribution in [-0.4, -0.2) is 32.8 Å². The minimum Gasteiger partial charge on any atom is -0.473 e. The standard InChI is InChI=1S/C25H19N5O2/c31-25(21-11-14-27-23-4-2-1-3-20(21)23)28-16-32-19-7-5-18(6-8-19)24-22(15-29-30-24)17-9-12-26-13-10-17/h1-15H,16H2,(H,28,31)(H,29,30). The molecular formula is C25H19N5O2. The minimum atomic E-state index is -0.209. The van der Waals surface area contributed by atoms with Crippen LogP contribution in [0.2, 0.25) is 0 Å². The maximum Gasteiger partial charge on any atom is 0.254 e. The highest BCUT2D eigenvalue weighted by Crippen LogP contribution is 2.30. The van der Waals surface area contributed by atoms with E-state index >= 15 is 0 Å². The molecule has 0 saturated carbocycles.